The fraction of sp³-hybridized carbons (Fsp3) is 0.462. The van der Waals surface area contributed by atoms with Gasteiger partial charge in [0.2, 0.25) is 0 Å². The normalized spacial score (nSPS) is 10.5. The smallest absolute Gasteiger partial charge is 0.336 e. The van der Waals surface area contributed by atoms with Crippen LogP contribution in [0.3, 0.4) is 0 Å². The van der Waals surface area contributed by atoms with Crippen LogP contribution in [0.15, 0.2) is 28.0 Å². The molecule has 0 fully saturated rings. The summed E-state index contributed by atoms with van der Waals surface area (Å²) < 4.78 is 0. The van der Waals surface area contributed by atoms with Crippen LogP contribution in [0.25, 0.3) is 0 Å². The van der Waals surface area contributed by atoms with Crippen molar-refractivity contribution >= 4 is 29.5 Å². The first-order chi connectivity index (χ1) is 8.20. The molecule has 0 aliphatic carbocycles. The molecule has 0 heterocycles. The fourth-order valence-electron chi connectivity index (χ4n) is 1.36. The molecule has 1 N–H and O–H groups in total. The van der Waals surface area contributed by atoms with E-state index < -0.39 is 5.97 Å². The van der Waals surface area contributed by atoms with Gasteiger partial charge in [0.05, 0.1) is 5.56 Å². The van der Waals surface area contributed by atoms with Crippen molar-refractivity contribution in [2.24, 2.45) is 0 Å². The maximum Gasteiger partial charge on any atom is 0.336 e. The number of rotatable bonds is 7. The molecule has 0 radical (unpaired) electrons. The zero-order valence-corrected chi connectivity index (χ0v) is 11.9. The van der Waals surface area contributed by atoms with Gasteiger partial charge >= 0.3 is 5.97 Å². The molecule has 0 amide bonds. The summed E-state index contributed by atoms with van der Waals surface area (Å²) in [6.45, 7) is 4.24. The van der Waals surface area contributed by atoms with E-state index in [1.807, 2.05) is 12.1 Å². The molecule has 0 spiro atoms. The Morgan fingerprint density at radius 2 is 1.82 bits per heavy atom. The first-order valence-corrected chi connectivity index (χ1v) is 7.79. The lowest BCUT2D eigenvalue weighted by Gasteiger charge is -2.11. The van der Waals surface area contributed by atoms with Gasteiger partial charge in [-0.1, -0.05) is 19.9 Å². The molecule has 0 aromatic heterocycles. The van der Waals surface area contributed by atoms with E-state index in [1.165, 1.54) is 0 Å². The van der Waals surface area contributed by atoms with Crippen LogP contribution in [0.5, 0.6) is 0 Å². The SMILES string of the molecule is CCCSc1cccc(C(=O)O)c1SCCC. The second-order valence-electron chi connectivity index (χ2n) is 3.63. The lowest BCUT2D eigenvalue weighted by atomic mass is 10.2. The van der Waals surface area contributed by atoms with Crippen molar-refractivity contribution in [2.45, 2.75) is 36.5 Å². The van der Waals surface area contributed by atoms with E-state index in [-0.39, 0.29) is 0 Å². The minimum atomic E-state index is -0.831. The van der Waals surface area contributed by atoms with Crippen molar-refractivity contribution in [3.63, 3.8) is 0 Å². The summed E-state index contributed by atoms with van der Waals surface area (Å²) in [5.74, 6) is 1.16. The van der Waals surface area contributed by atoms with Crippen molar-refractivity contribution < 1.29 is 9.90 Å². The zero-order valence-electron chi connectivity index (χ0n) is 10.2. The van der Waals surface area contributed by atoms with Crippen molar-refractivity contribution in [3.8, 4) is 0 Å². The van der Waals surface area contributed by atoms with Gasteiger partial charge in [0.15, 0.2) is 0 Å². The van der Waals surface area contributed by atoms with E-state index in [1.54, 1.807) is 29.6 Å². The molecule has 17 heavy (non-hydrogen) atoms. The second-order valence-corrected chi connectivity index (χ2v) is 5.88. The molecule has 0 aliphatic heterocycles. The average Bonchev–Trinajstić information content (AvgIpc) is 2.33. The Bertz CT molecular complexity index is 378. The second kappa shape index (κ2) is 7.67. The Hall–Kier alpha value is -0.610. The number of benzene rings is 1. The highest BCUT2D eigenvalue weighted by atomic mass is 32.2. The van der Waals surface area contributed by atoms with Crippen LogP contribution in [0.2, 0.25) is 0 Å². The minimum Gasteiger partial charge on any atom is -0.478 e. The molecule has 1 rings (SSSR count). The van der Waals surface area contributed by atoms with Gasteiger partial charge in [-0.25, -0.2) is 4.79 Å². The number of aromatic carboxylic acids is 1. The topological polar surface area (TPSA) is 37.3 Å². The van der Waals surface area contributed by atoms with Crippen LogP contribution < -0.4 is 0 Å². The van der Waals surface area contributed by atoms with Crippen molar-refractivity contribution in [3.05, 3.63) is 23.8 Å². The lowest BCUT2D eigenvalue weighted by Crippen LogP contribution is -2.00. The van der Waals surface area contributed by atoms with Crippen molar-refractivity contribution in [2.75, 3.05) is 11.5 Å². The van der Waals surface area contributed by atoms with Crippen LogP contribution in [-0.4, -0.2) is 22.6 Å². The number of hydrogen-bond acceptors (Lipinski definition) is 3. The number of hydrogen-bond donors (Lipinski definition) is 1. The van der Waals surface area contributed by atoms with E-state index in [0.717, 1.165) is 34.1 Å². The molecule has 0 aliphatic rings. The van der Waals surface area contributed by atoms with E-state index in [2.05, 4.69) is 13.8 Å². The van der Waals surface area contributed by atoms with Gasteiger partial charge in [-0.05, 0) is 36.5 Å². The maximum absolute atomic E-state index is 11.2. The lowest BCUT2D eigenvalue weighted by molar-refractivity contribution is 0.0692. The molecule has 2 nitrogen and oxygen atoms in total. The van der Waals surface area contributed by atoms with E-state index in [9.17, 15) is 9.90 Å². The van der Waals surface area contributed by atoms with E-state index in [4.69, 9.17) is 0 Å². The predicted octanol–water partition coefficient (Wildman–Crippen LogP) is 4.39. The summed E-state index contributed by atoms with van der Waals surface area (Å²) in [5.41, 5.74) is 0.435. The standard InChI is InChI=1S/C13H18O2S2/c1-3-8-16-11-7-5-6-10(13(14)15)12(11)17-9-4-2/h5-7H,3-4,8-9H2,1-2H3,(H,14,15). The molecule has 4 heteroatoms. The largest absolute Gasteiger partial charge is 0.478 e. The minimum absolute atomic E-state index is 0.435. The summed E-state index contributed by atoms with van der Waals surface area (Å²) in [6, 6.07) is 5.54. The highest BCUT2D eigenvalue weighted by Gasteiger charge is 2.14. The van der Waals surface area contributed by atoms with Gasteiger partial charge in [-0.3, -0.25) is 0 Å². The Labute approximate surface area is 111 Å². The van der Waals surface area contributed by atoms with Gasteiger partial charge in [-0.2, -0.15) is 0 Å². The average molecular weight is 270 g/mol. The highest BCUT2D eigenvalue weighted by Crippen LogP contribution is 2.34. The van der Waals surface area contributed by atoms with Gasteiger partial charge in [0, 0.05) is 9.79 Å². The number of thioether (sulfide) groups is 2. The molecule has 94 valence electrons. The molecule has 0 atom stereocenters. The highest BCUT2D eigenvalue weighted by molar-refractivity contribution is 8.02. The maximum atomic E-state index is 11.2. The number of carbonyl (C=O) groups is 1. The first-order valence-electron chi connectivity index (χ1n) is 5.82. The van der Waals surface area contributed by atoms with Gasteiger partial charge in [0.1, 0.15) is 0 Å². The third-order valence-corrected chi connectivity index (χ3v) is 4.86. The molecular formula is C13H18O2S2. The Balaban J connectivity index is 3.00. The summed E-state index contributed by atoms with van der Waals surface area (Å²) in [4.78, 5) is 13.2. The third kappa shape index (κ3) is 4.28. The zero-order chi connectivity index (χ0) is 12.7. The Morgan fingerprint density at radius 1 is 1.18 bits per heavy atom. The van der Waals surface area contributed by atoms with Crippen LogP contribution in [0.1, 0.15) is 37.0 Å². The fourth-order valence-corrected chi connectivity index (χ4v) is 3.49. The van der Waals surface area contributed by atoms with Crippen LogP contribution in [0.4, 0.5) is 0 Å². The van der Waals surface area contributed by atoms with Crippen LogP contribution >= 0.6 is 23.5 Å². The van der Waals surface area contributed by atoms with Gasteiger partial charge in [0.25, 0.3) is 0 Å². The summed E-state index contributed by atoms with van der Waals surface area (Å²) >= 11 is 3.40. The Kier molecular flexibility index (Phi) is 6.52. The van der Waals surface area contributed by atoms with E-state index >= 15 is 0 Å². The number of carboxylic acids is 1. The molecule has 1 aromatic rings. The molecule has 0 unspecified atom stereocenters. The van der Waals surface area contributed by atoms with Crippen LogP contribution in [-0.2, 0) is 0 Å². The van der Waals surface area contributed by atoms with Crippen molar-refractivity contribution in [1.82, 2.24) is 0 Å². The molecule has 0 saturated heterocycles. The van der Waals surface area contributed by atoms with Gasteiger partial charge in [-0.15, -0.1) is 23.5 Å². The van der Waals surface area contributed by atoms with Crippen molar-refractivity contribution in [1.29, 1.82) is 0 Å². The predicted molar refractivity (Wildman–Crippen MR) is 75.4 cm³/mol. The first kappa shape index (κ1) is 14.5. The third-order valence-electron chi connectivity index (χ3n) is 2.12. The van der Waals surface area contributed by atoms with Crippen LogP contribution in [0, 0.1) is 0 Å². The quantitative estimate of drug-likeness (QED) is 0.746. The van der Waals surface area contributed by atoms with E-state index in [0.29, 0.717) is 5.56 Å². The molecule has 1 aromatic carbocycles. The number of carboxylic acid groups (broad SMARTS) is 1. The Morgan fingerprint density at radius 3 is 2.41 bits per heavy atom. The summed E-state index contributed by atoms with van der Waals surface area (Å²) in [6.07, 6.45) is 2.15. The summed E-state index contributed by atoms with van der Waals surface area (Å²) in [5, 5.41) is 9.19. The molecule has 0 saturated carbocycles. The summed E-state index contributed by atoms with van der Waals surface area (Å²) in [7, 11) is 0. The monoisotopic (exact) mass is 270 g/mol. The molecular weight excluding hydrogens is 252 g/mol. The van der Waals surface area contributed by atoms with Gasteiger partial charge < -0.3 is 5.11 Å². The molecule has 0 bridgehead atoms.